The molecule has 1 atom stereocenters. The molecule has 27 heavy (non-hydrogen) atoms. The van der Waals surface area contributed by atoms with Gasteiger partial charge >= 0.3 is 0 Å². The Bertz CT molecular complexity index is 779. The summed E-state index contributed by atoms with van der Waals surface area (Å²) >= 11 is 0. The predicted molar refractivity (Wildman–Crippen MR) is 101 cm³/mol. The molecule has 0 bridgehead atoms. The summed E-state index contributed by atoms with van der Waals surface area (Å²) in [5, 5.41) is 2.83. The minimum Gasteiger partial charge on any atom is -0.467 e. The van der Waals surface area contributed by atoms with E-state index in [9.17, 15) is 9.59 Å². The second kappa shape index (κ2) is 8.41. The van der Waals surface area contributed by atoms with Crippen LogP contribution in [0.2, 0.25) is 0 Å². The van der Waals surface area contributed by atoms with Crippen molar-refractivity contribution >= 4 is 11.8 Å². The van der Waals surface area contributed by atoms with E-state index < -0.39 is 0 Å². The van der Waals surface area contributed by atoms with Gasteiger partial charge < -0.3 is 19.2 Å². The van der Waals surface area contributed by atoms with Gasteiger partial charge in [-0.1, -0.05) is 13.8 Å². The maximum absolute atomic E-state index is 12.5. The zero-order chi connectivity index (χ0) is 19.4. The fraction of sp³-hybridized carbons (Fsp3) is 0.550. The summed E-state index contributed by atoms with van der Waals surface area (Å²) in [4.78, 5) is 31.2. The fourth-order valence-electron chi connectivity index (χ4n) is 3.35. The zero-order valence-electron chi connectivity index (χ0n) is 16.3. The Morgan fingerprint density at radius 2 is 2.19 bits per heavy atom. The van der Waals surface area contributed by atoms with Gasteiger partial charge in [0.2, 0.25) is 11.8 Å². The van der Waals surface area contributed by atoms with Crippen LogP contribution in [-0.2, 0) is 29.1 Å². The molecule has 2 amide bonds. The molecule has 0 aliphatic carbocycles. The number of nitrogens with zero attached hydrogens (tertiary/aromatic N) is 3. The summed E-state index contributed by atoms with van der Waals surface area (Å²) in [6, 6.07) is 3.54. The van der Waals surface area contributed by atoms with E-state index in [1.165, 1.54) is 0 Å². The number of hydrogen-bond acceptors (Lipinski definition) is 4. The van der Waals surface area contributed by atoms with Crippen molar-refractivity contribution in [1.82, 2.24) is 19.8 Å². The highest BCUT2D eigenvalue weighted by Crippen LogP contribution is 2.26. The third kappa shape index (κ3) is 4.78. The van der Waals surface area contributed by atoms with Gasteiger partial charge in [0, 0.05) is 25.7 Å². The van der Waals surface area contributed by atoms with Crippen LogP contribution in [-0.4, -0.2) is 32.8 Å². The number of imidazole rings is 1. The standard InChI is InChI=1S/C20H28N4O3/c1-14(2)6-7-19(26)24-9-8-23-13-16(22-20(23)15(24)3)11-18(25)21-12-17-5-4-10-27-17/h4-5,10,13-15H,6-9,11-12H2,1-3H3,(H,21,25)/t15-/m1/s1. The Morgan fingerprint density at radius 3 is 2.89 bits per heavy atom. The predicted octanol–water partition coefficient (Wildman–Crippen LogP) is 2.67. The molecule has 0 aromatic carbocycles. The average Bonchev–Trinajstić information content (AvgIpc) is 3.28. The van der Waals surface area contributed by atoms with E-state index in [1.54, 1.807) is 12.3 Å². The molecule has 1 aliphatic rings. The first kappa shape index (κ1) is 19.2. The molecule has 1 N–H and O–H groups in total. The summed E-state index contributed by atoms with van der Waals surface area (Å²) < 4.78 is 7.27. The van der Waals surface area contributed by atoms with Crippen molar-refractivity contribution in [3.8, 4) is 0 Å². The molecule has 0 fully saturated rings. The van der Waals surface area contributed by atoms with Crippen molar-refractivity contribution in [2.75, 3.05) is 6.54 Å². The van der Waals surface area contributed by atoms with Crippen LogP contribution in [0.4, 0.5) is 0 Å². The molecular weight excluding hydrogens is 344 g/mol. The van der Waals surface area contributed by atoms with Crippen LogP contribution in [0, 0.1) is 5.92 Å². The third-order valence-corrected chi connectivity index (χ3v) is 4.92. The van der Waals surface area contributed by atoms with E-state index in [-0.39, 0.29) is 24.3 Å². The molecule has 146 valence electrons. The van der Waals surface area contributed by atoms with Gasteiger partial charge in [-0.05, 0) is 31.4 Å². The molecular formula is C20H28N4O3. The summed E-state index contributed by atoms with van der Waals surface area (Å²) in [5.74, 6) is 2.18. The van der Waals surface area contributed by atoms with Gasteiger partial charge in [-0.3, -0.25) is 9.59 Å². The van der Waals surface area contributed by atoms with Crippen LogP contribution >= 0.6 is 0 Å². The monoisotopic (exact) mass is 372 g/mol. The summed E-state index contributed by atoms with van der Waals surface area (Å²) in [6.45, 7) is 8.03. The second-order valence-electron chi connectivity index (χ2n) is 7.51. The smallest absolute Gasteiger partial charge is 0.226 e. The minimum atomic E-state index is -0.0978. The largest absolute Gasteiger partial charge is 0.467 e. The normalized spacial score (nSPS) is 16.4. The molecule has 3 rings (SSSR count). The molecule has 0 unspecified atom stereocenters. The van der Waals surface area contributed by atoms with Crippen molar-refractivity contribution < 1.29 is 14.0 Å². The first-order valence-corrected chi connectivity index (χ1v) is 9.58. The van der Waals surface area contributed by atoms with Crippen molar-refractivity contribution in [2.24, 2.45) is 5.92 Å². The van der Waals surface area contributed by atoms with Gasteiger partial charge in [-0.15, -0.1) is 0 Å². The summed E-state index contributed by atoms with van der Waals surface area (Å²) in [5.41, 5.74) is 0.727. The summed E-state index contributed by atoms with van der Waals surface area (Å²) in [7, 11) is 0. The van der Waals surface area contributed by atoms with Crippen LogP contribution in [0.25, 0.3) is 0 Å². The topological polar surface area (TPSA) is 80.4 Å². The van der Waals surface area contributed by atoms with Crippen molar-refractivity contribution in [3.63, 3.8) is 0 Å². The first-order valence-electron chi connectivity index (χ1n) is 9.58. The van der Waals surface area contributed by atoms with Crippen LogP contribution in [0.3, 0.4) is 0 Å². The Labute approximate surface area is 159 Å². The lowest BCUT2D eigenvalue weighted by Crippen LogP contribution is -2.41. The van der Waals surface area contributed by atoms with E-state index in [0.717, 1.165) is 23.7 Å². The number of carbonyl (C=O) groups excluding carboxylic acids is 2. The highest BCUT2D eigenvalue weighted by molar-refractivity contribution is 5.78. The lowest BCUT2D eigenvalue weighted by Gasteiger charge is -2.34. The van der Waals surface area contributed by atoms with Gasteiger partial charge in [0.25, 0.3) is 0 Å². The lowest BCUT2D eigenvalue weighted by atomic mass is 10.1. The van der Waals surface area contributed by atoms with Gasteiger partial charge in [-0.2, -0.15) is 0 Å². The van der Waals surface area contributed by atoms with Gasteiger partial charge in [0.05, 0.1) is 31.0 Å². The number of furan rings is 1. The molecule has 7 nitrogen and oxygen atoms in total. The van der Waals surface area contributed by atoms with E-state index in [4.69, 9.17) is 4.42 Å². The number of nitrogens with one attached hydrogen (secondary N) is 1. The van der Waals surface area contributed by atoms with Gasteiger partial charge in [-0.25, -0.2) is 4.98 Å². The van der Waals surface area contributed by atoms with Crippen molar-refractivity contribution in [3.05, 3.63) is 41.9 Å². The first-order chi connectivity index (χ1) is 12.9. The van der Waals surface area contributed by atoms with Crippen molar-refractivity contribution in [1.29, 1.82) is 0 Å². The Balaban J connectivity index is 1.58. The lowest BCUT2D eigenvalue weighted by molar-refractivity contribution is -0.134. The molecule has 2 aromatic rings. The van der Waals surface area contributed by atoms with E-state index in [2.05, 4.69) is 28.7 Å². The fourth-order valence-corrected chi connectivity index (χ4v) is 3.35. The molecule has 0 saturated carbocycles. The number of carbonyl (C=O) groups is 2. The van der Waals surface area contributed by atoms with Crippen LogP contribution < -0.4 is 5.32 Å². The Hall–Kier alpha value is -2.57. The Morgan fingerprint density at radius 1 is 1.37 bits per heavy atom. The highest BCUT2D eigenvalue weighted by Gasteiger charge is 2.29. The van der Waals surface area contributed by atoms with Gasteiger partial charge in [0.1, 0.15) is 11.6 Å². The Kier molecular flexibility index (Phi) is 5.98. The number of amides is 2. The van der Waals surface area contributed by atoms with Crippen LogP contribution in [0.15, 0.2) is 29.0 Å². The molecule has 0 radical (unpaired) electrons. The van der Waals surface area contributed by atoms with Gasteiger partial charge in [0.15, 0.2) is 0 Å². The molecule has 2 aromatic heterocycles. The van der Waals surface area contributed by atoms with Crippen molar-refractivity contribution in [2.45, 2.75) is 59.2 Å². The van der Waals surface area contributed by atoms with E-state index in [0.29, 0.717) is 32.0 Å². The summed E-state index contributed by atoms with van der Waals surface area (Å²) in [6.07, 6.45) is 5.20. The average molecular weight is 372 g/mol. The number of hydrogen-bond donors (Lipinski definition) is 1. The third-order valence-electron chi connectivity index (χ3n) is 4.92. The van der Waals surface area contributed by atoms with Crippen LogP contribution in [0.5, 0.6) is 0 Å². The molecule has 1 aliphatic heterocycles. The van der Waals surface area contributed by atoms with E-state index in [1.807, 2.05) is 24.1 Å². The number of fused-ring (bicyclic) bond motifs is 1. The molecule has 7 heteroatoms. The number of rotatable bonds is 7. The quantitative estimate of drug-likeness (QED) is 0.810. The molecule has 0 spiro atoms. The number of aromatic nitrogens is 2. The molecule has 3 heterocycles. The maximum Gasteiger partial charge on any atom is 0.226 e. The minimum absolute atomic E-state index is 0.0710. The van der Waals surface area contributed by atoms with Crippen LogP contribution in [0.1, 0.15) is 56.9 Å². The highest BCUT2D eigenvalue weighted by atomic mass is 16.3. The SMILES string of the molecule is CC(C)CCC(=O)N1CCn2cc(CC(=O)NCc3ccco3)nc2[C@H]1C. The maximum atomic E-state index is 12.5. The zero-order valence-corrected chi connectivity index (χ0v) is 16.3. The second-order valence-corrected chi connectivity index (χ2v) is 7.51. The molecule has 0 saturated heterocycles. The van der Waals surface area contributed by atoms with E-state index >= 15 is 0 Å².